The average Bonchev–Trinajstić information content (AvgIpc) is 2.85. The first-order valence-electron chi connectivity index (χ1n) is 4.12. The van der Waals surface area contributed by atoms with Crippen LogP contribution < -0.4 is 0 Å². The maximum absolute atomic E-state index is 5.27. The maximum atomic E-state index is 5.27. The Morgan fingerprint density at radius 3 is 2.83 bits per heavy atom. The molecule has 0 unspecified atom stereocenters. The van der Waals surface area contributed by atoms with Gasteiger partial charge in [0.25, 0.3) is 0 Å². The van der Waals surface area contributed by atoms with E-state index in [2.05, 4.69) is 15.9 Å². The lowest BCUT2D eigenvalue weighted by molar-refractivity contribution is 0.899. The number of hydrogen-bond donors (Lipinski definition) is 0. The van der Waals surface area contributed by atoms with Gasteiger partial charge in [0.15, 0.2) is 0 Å². The molecular weight excluding hydrogens is 148 g/mol. The molecule has 1 saturated carbocycles. The Kier molecular flexibility index (Phi) is 1.58. The summed E-state index contributed by atoms with van der Waals surface area (Å²) in [5, 5.41) is 0. The van der Waals surface area contributed by atoms with Gasteiger partial charge in [0.1, 0.15) is 11.5 Å². The highest BCUT2D eigenvalue weighted by Gasteiger charge is 2.26. The summed E-state index contributed by atoms with van der Waals surface area (Å²) >= 11 is 0. The minimum Gasteiger partial charge on any atom is -0.238 e. The van der Waals surface area contributed by atoms with Crippen molar-refractivity contribution in [1.82, 2.24) is 9.97 Å². The lowest BCUT2D eigenvalue weighted by atomic mass is 10.3. The molecule has 1 heterocycles. The van der Waals surface area contributed by atoms with Crippen LogP contribution in [0.2, 0.25) is 0 Å². The monoisotopic (exact) mass is 158 g/mol. The molecule has 0 aromatic carbocycles. The zero-order valence-corrected chi connectivity index (χ0v) is 7.04. The fraction of sp³-hybridized carbons (Fsp3) is 0.400. The minimum atomic E-state index is 0.581. The smallest absolute Gasteiger partial charge is 0.133 e. The van der Waals surface area contributed by atoms with Gasteiger partial charge in [-0.25, -0.2) is 9.97 Å². The van der Waals surface area contributed by atoms with Crippen LogP contribution in [0.5, 0.6) is 0 Å². The van der Waals surface area contributed by atoms with Crippen LogP contribution in [-0.2, 0) is 0 Å². The van der Waals surface area contributed by atoms with E-state index in [1.54, 1.807) is 0 Å². The molecular formula is C10H10N2. The van der Waals surface area contributed by atoms with Crippen LogP contribution in [0.15, 0.2) is 6.07 Å². The first-order valence-corrected chi connectivity index (χ1v) is 4.12. The van der Waals surface area contributed by atoms with E-state index >= 15 is 0 Å². The van der Waals surface area contributed by atoms with Crippen molar-refractivity contribution >= 4 is 0 Å². The van der Waals surface area contributed by atoms with Crippen LogP contribution in [0.25, 0.3) is 0 Å². The van der Waals surface area contributed by atoms with Crippen LogP contribution in [0.3, 0.4) is 0 Å². The van der Waals surface area contributed by atoms with E-state index in [0.717, 1.165) is 11.5 Å². The number of rotatable bonds is 1. The molecule has 60 valence electrons. The van der Waals surface area contributed by atoms with Crippen molar-refractivity contribution in [3.05, 3.63) is 23.3 Å². The summed E-state index contributed by atoms with van der Waals surface area (Å²) in [6.45, 7) is 1.95. The van der Waals surface area contributed by atoms with Crippen molar-refractivity contribution in [3.8, 4) is 12.3 Å². The molecule has 0 spiro atoms. The van der Waals surface area contributed by atoms with Crippen LogP contribution in [0, 0.1) is 19.3 Å². The molecule has 2 rings (SSSR count). The largest absolute Gasteiger partial charge is 0.238 e. The third-order valence-corrected chi connectivity index (χ3v) is 1.96. The molecule has 0 saturated heterocycles. The summed E-state index contributed by atoms with van der Waals surface area (Å²) < 4.78 is 0. The molecule has 2 nitrogen and oxygen atoms in total. The van der Waals surface area contributed by atoms with E-state index < -0.39 is 0 Å². The van der Waals surface area contributed by atoms with E-state index in [1.165, 1.54) is 12.8 Å². The number of nitrogens with zero attached hydrogens (tertiary/aromatic N) is 2. The van der Waals surface area contributed by atoms with Gasteiger partial charge in [-0.2, -0.15) is 0 Å². The molecule has 0 radical (unpaired) electrons. The summed E-state index contributed by atoms with van der Waals surface area (Å²) in [7, 11) is 0. The zero-order chi connectivity index (χ0) is 8.55. The summed E-state index contributed by atoms with van der Waals surface area (Å²) in [5.74, 6) is 4.05. The molecule has 1 aromatic rings. The van der Waals surface area contributed by atoms with Crippen molar-refractivity contribution in [3.63, 3.8) is 0 Å². The second-order valence-electron chi connectivity index (χ2n) is 3.17. The van der Waals surface area contributed by atoms with Crippen LogP contribution in [-0.4, -0.2) is 9.97 Å². The molecule has 12 heavy (non-hydrogen) atoms. The predicted molar refractivity (Wildman–Crippen MR) is 46.7 cm³/mol. The third-order valence-electron chi connectivity index (χ3n) is 1.96. The second-order valence-corrected chi connectivity index (χ2v) is 3.17. The van der Waals surface area contributed by atoms with Gasteiger partial charge in [0.05, 0.1) is 0 Å². The van der Waals surface area contributed by atoms with Crippen LogP contribution >= 0.6 is 0 Å². The van der Waals surface area contributed by atoms with Gasteiger partial charge in [-0.3, -0.25) is 0 Å². The Morgan fingerprint density at radius 2 is 2.25 bits per heavy atom. The van der Waals surface area contributed by atoms with E-state index in [9.17, 15) is 0 Å². The highest BCUT2D eigenvalue weighted by Crippen LogP contribution is 2.37. The van der Waals surface area contributed by atoms with Crippen molar-refractivity contribution in [2.24, 2.45) is 0 Å². The second kappa shape index (κ2) is 2.60. The van der Waals surface area contributed by atoms with Gasteiger partial charge in [-0.15, -0.1) is 6.42 Å². The van der Waals surface area contributed by atoms with Gasteiger partial charge in [-0.1, -0.05) is 5.92 Å². The van der Waals surface area contributed by atoms with E-state index in [4.69, 9.17) is 6.42 Å². The maximum Gasteiger partial charge on any atom is 0.133 e. The lowest BCUT2D eigenvalue weighted by Gasteiger charge is -1.99. The van der Waals surface area contributed by atoms with E-state index in [-0.39, 0.29) is 0 Å². The van der Waals surface area contributed by atoms with Gasteiger partial charge in [0.2, 0.25) is 0 Å². The molecule has 1 fully saturated rings. The highest BCUT2D eigenvalue weighted by atomic mass is 14.9. The van der Waals surface area contributed by atoms with Gasteiger partial charge < -0.3 is 0 Å². The Bertz CT molecular complexity index is 345. The first-order chi connectivity index (χ1) is 5.79. The normalized spacial score (nSPS) is 15.7. The molecule has 0 N–H and O–H groups in total. The van der Waals surface area contributed by atoms with Crippen molar-refractivity contribution < 1.29 is 0 Å². The fourth-order valence-corrected chi connectivity index (χ4v) is 1.19. The minimum absolute atomic E-state index is 0.581. The SMILES string of the molecule is C#Cc1cc(C)nc(C2CC2)n1. The Morgan fingerprint density at radius 1 is 1.50 bits per heavy atom. The molecule has 1 aromatic heterocycles. The van der Waals surface area contributed by atoms with Crippen LogP contribution in [0.4, 0.5) is 0 Å². The Hall–Kier alpha value is -1.36. The molecule has 1 aliphatic rings. The van der Waals surface area contributed by atoms with Gasteiger partial charge in [-0.05, 0) is 25.8 Å². The molecule has 1 aliphatic carbocycles. The number of hydrogen-bond acceptors (Lipinski definition) is 2. The quantitative estimate of drug-likeness (QED) is 0.581. The average molecular weight is 158 g/mol. The molecule has 0 aliphatic heterocycles. The highest BCUT2D eigenvalue weighted by molar-refractivity contribution is 5.27. The Balaban J connectivity index is 2.43. The summed E-state index contributed by atoms with van der Waals surface area (Å²) in [6, 6.07) is 1.84. The standard InChI is InChI=1S/C10H10N2/c1-3-9-6-7(2)11-10(12-9)8-4-5-8/h1,6,8H,4-5H2,2H3. The number of aryl methyl sites for hydroxylation is 1. The summed E-state index contributed by atoms with van der Waals surface area (Å²) in [5.41, 5.74) is 1.68. The summed E-state index contributed by atoms with van der Waals surface area (Å²) in [4.78, 5) is 8.60. The molecule has 0 amide bonds. The van der Waals surface area contributed by atoms with Crippen molar-refractivity contribution in [2.75, 3.05) is 0 Å². The summed E-state index contributed by atoms with van der Waals surface area (Å²) in [6.07, 6.45) is 7.70. The molecule has 0 bridgehead atoms. The van der Waals surface area contributed by atoms with Gasteiger partial charge in [0, 0.05) is 11.6 Å². The topological polar surface area (TPSA) is 25.8 Å². The van der Waals surface area contributed by atoms with Crippen molar-refractivity contribution in [1.29, 1.82) is 0 Å². The fourth-order valence-electron chi connectivity index (χ4n) is 1.19. The molecule has 0 atom stereocenters. The number of terminal acetylenes is 1. The lowest BCUT2D eigenvalue weighted by Crippen LogP contribution is -1.97. The predicted octanol–water partition coefficient (Wildman–Crippen LogP) is 1.64. The van der Waals surface area contributed by atoms with E-state index in [0.29, 0.717) is 11.6 Å². The zero-order valence-electron chi connectivity index (χ0n) is 7.04. The van der Waals surface area contributed by atoms with Crippen molar-refractivity contribution in [2.45, 2.75) is 25.7 Å². The first kappa shape index (κ1) is 7.30. The number of aromatic nitrogens is 2. The van der Waals surface area contributed by atoms with Gasteiger partial charge >= 0.3 is 0 Å². The van der Waals surface area contributed by atoms with Crippen LogP contribution in [0.1, 0.15) is 36.0 Å². The Labute approximate surface area is 72.1 Å². The third kappa shape index (κ3) is 1.31. The molecule has 2 heteroatoms. The van der Waals surface area contributed by atoms with E-state index in [1.807, 2.05) is 13.0 Å².